The zero-order valence-corrected chi connectivity index (χ0v) is 13.3. The van der Waals surface area contributed by atoms with Crippen molar-refractivity contribution in [2.45, 2.75) is 18.9 Å². The van der Waals surface area contributed by atoms with E-state index in [4.69, 9.17) is 4.74 Å². The predicted molar refractivity (Wildman–Crippen MR) is 92.7 cm³/mol. The Kier molecular flexibility index (Phi) is 3.81. The van der Waals surface area contributed by atoms with Gasteiger partial charge in [0, 0.05) is 17.6 Å². The second-order valence-corrected chi connectivity index (χ2v) is 6.45. The molecule has 3 aromatic rings. The maximum absolute atomic E-state index is 12.1. The average Bonchev–Trinajstić information content (AvgIpc) is 3.26. The van der Waals surface area contributed by atoms with Crippen molar-refractivity contribution in [3.63, 3.8) is 0 Å². The number of carbonyl (C=O) groups is 1. The molecule has 4 rings (SSSR count). The standard InChI is InChI=1S/C18H16N2O2S/c21-17(16-6-3-9-22-16)20-18-19-15(11-23-18)14-8-7-12-4-1-2-5-13(12)10-14/h1-2,4-5,7-8,10-11,16H,3,6,9H2,(H,19,20,21). The van der Waals surface area contributed by atoms with E-state index in [0.29, 0.717) is 11.7 Å². The number of nitrogens with zero attached hydrogens (tertiary/aromatic N) is 1. The molecular weight excluding hydrogens is 308 g/mol. The van der Waals surface area contributed by atoms with E-state index in [1.54, 1.807) is 0 Å². The molecule has 1 aromatic heterocycles. The fourth-order valence-electron chi connectivity index (χ4n) is 2.78. The third kappa shape index (κ3) is 2.98. The van der Waals surface area contributed by atoms with Gasteiger partial charge in [-0.15, -0.1) is 11.3 Å². The number of anilines is 1. The Morgan fingerprint density at radius 3 is 2.91 bits per heavy atom. The van der Waals surface area contributed by atoms with Crippen molar-refractivity contribution < 1.29 is 9.53 Å². The molecule has 23 heavy (non-hydrogen) atoms. The van der Waals surface area contributed by atoms with Gasteiger partial charge in [-0.25, -0.2) is 4.98 Å². The smallest absolute Gasteiger partial charge is 0.255 e. The number of ether oxygens (including phenoxy) is 1. The van der Waals surface area contributed by atoms with Gasteiger partial charge in [0.25, 0.3) is 5.91 Å². The SMILES string of the molecule is O=C(Nc1nc(-c2ccc3ccccc3c2)cs1)C1CCCO1. The maximum atomic E-state index is 12.1. The molecule has 0 spiro atoms. The van der Waals surface area contributed by atoms with Crippen molar-refractivity contribution in [1.29, 1.82) is 0 Å². The monoisotopic (exact) mass is 324 g/mol. The van der Waals surface area contributed by atoms with Crippen LogP contribution in [0.2, 0.25) is 0 Å². The van der Waals surface area contributed by atoms with Gasteiger partial charge in [0.1, 0.15) is 6.10 Å². The Balaban J connectivity index is 1.55. The predicted octanol–water partition coefficient (Wildman–Crippen LogP) is 4.08. The summed E-state index contributed by atoms with van der Waals surface area (Å²) >= 11 is 1.44. The molecule has 1 atom stereocenters. The Hall–Kier alpha value is -2.24. The summed E-state index contributed by atoms with van der Waals surface area (Å²) in [6, 6.07) is 14.5. The van der Waals surface area contributed by atoms with Crippen LogP contribution < -0.4 is 5.32 Å². The van der Waals surface area contributed by atoms with Crippen LogP contribution in [0.15, 0.2) is 47.8 Å². The van der Waals surface area contributed by atoms with Gasteiger partial charge in [0.15, 0.2) is 5.13 Å². The summed E-state index contributed by atoms with van der Waals surface area (Å²) < 4.78 is 5.39. The number of aromatic nitrogens is 1. The first-order valence-corrected chi connectivity index (χ1v) is 8.55. The van der Waals surface area contributed by atoms with Crippen LogP contribution in [0.25, 0.3) is 22.0 Å². The second-order valence-electron chi connectivity index (χ2n) is 5.59. The highest BCUT2D eigenvalue weighted by Crippen LogP contribution is 2.28. The minimum atomic E-state index is -0.331. The van der Waals surface area contributed by atoms with E-state index in [1.807, 2.05) is 17.5 Å². The number of benzene rings is 2. The molecule has 1 unspecified atom stereocenters. The van der Waals surface area contributed by atoms with Crippen molar-refractivity contribution in [3.8, 4) is 11.3 Å². The molecule has 2 heterocycles. The zero-order valence-electron chi connectivity index (χ0n) is 12.5. The molecule has 5 heteroatoms. The van der Waals surface area contributed by atoms with Crippen LogP contribution in [0.3, 0.4) is 0 Å². The van der Waals surface area contributed by atoms with Crippen LogP contribution in [0.1, 0.15) is 12.8 Å². The van der Waals surface area contributed by atoms with Crippen molar-refractivity contribution in [2.75, 3.05) is 11.9 Å². The highest BCUT2D eigenvalue weighted by atomic mass is 32.1. The summed E-state index contributed by atoms with van der Waals surface area (Å²) in [7, 11) is 0. The highest BCUT2D eigenvalue weighted by Gasteiger charge is 2.24. The lowest BCUT2D eigenvalue weighted by Crippen LogP contribution is -2.26. The quantitative estimate of drug-likeness (QED) is 0.790. The van der Waals surface area contributed by atoms with Crippen LogP contribution in [0.4, 0.5) is 5.13 Å². The highest BCUT2D eigenvalue weighted by molar-refractivity contribution is 7.14. The van der Waals surface area contributed by atoms with Crippen LogP contribution in [-0.2, 0) is 9.53 Å². The molecule has 1 aliphatic heterocycles. The van der Waals surface area contributed by atoms with E-state index in [1.165, 1.54) is 22.1 Å². The molecule has 1 amide bonds. The van der Waals surface area contributed by atoms with Gasteiger partial charge in [-0.3, -0.25) is 10.1 Å². The summed E-state index contributed by atoms with van der Waals surface area (Å²) in [5, 5.41) is 7.83. The summed E-state index contributed by atoms with van der Waals surface area (Å²) in [6.07, 6.45) is 1.40. The largest absolute Gasteiger partial charge is 0.368 e. The number of hydrogen-bond acceptors (Lipinski definition) is 4. The first-order valence-electron chi connectivity index (χ1n) is 7.67. The molecule has 2 aromatic carbocycles. The van der Waals surface area contributed by atoms with E-state index in [0.717, 1.165) is 24.1 Å². The molecule has 4 nitrogen and oxygen atoms in total. The van der Waals surface area contributed by atoms with Crippen LogP contribution in [0, 0.1) is 0 Å². The van der Waals surface area contributed by atoms with Gasteiger partial charge in [-0.2, -0.15) is 0 Å². The average molecular weight is 324 g/mol. The number of carbonyl (C=O) groups excluding carboxylic acids is 1. The molecule has 0 radical (unpaired) electrons. The Labute approximate surface area is 138 Å². The number of nitrogens with one attached hydrogen (secondary N) is 1. The van der Waals surface area contributed by atoms with Crippen molar-refractivity contribution in [3.05, 3.63) is 47.8 Å². The lowest BCUT2D eigenvalue weighted by Gasteiger charge is -2.07. The van der Waals surface area contributed by atoms with E-state index in [-0.39, 0.29) is 12.0 Å². The fourth-order valence-corrected chi connectivity index (χ4v) is 3.51. The van der Waals surface area contributed by atoms with E-state index < -0.39 is 0 Å². The van der Waals surface area contributed by atoms with E-state index in [2.05, 4.69) is 40.6 Å². The number of rotatable bonds is 3. The minimum Gasteiger partial charge on any atom is -0.368 e. The fraction of sp³-hybridized carbons (Fsp3) is 0.222. The van der Waals surface area contributed by atoms with Gasteiger partial charge in [-0.05, 0) is 29.7 Å². The van der Waals surface area contributed by atoms with Gasteiger partial charge < -0.3 is 4.74 Å². The topological polar surface area (TPSA) is 51.2 Å². The zero-order chi connectivity index (χ0) is 15.6. The van der Waals surface area contributed by atoms with Gasteiger partial charge in [0.05, 0.1) is 5.69 Å². The number of thiazole rings is 1. The molecule has 116 valence electrons. The van der Waals surface area contributed by atoms with Crippen molar-refractivity contribution in [1.82, 2.24) is 4.98 Å². The Bertz CT molecular complexity index is 853. The number of hydrogen-bond donors (Lipinski definition) is 1. The minimum absolute atomic E-state index is 0.0955. The van der Waals surface area contributed by atoms with Crippen molar-refractivity contribution >= 4 is 33.1 Å². The summed E-state index contributed by atoms with van der Waals surface area (Å²) in [5.74, 6) is -0.0955. The molecule has 0 aliphatic carbocycles. The van der Waals surface area contributed by atoms with Gasteiger partial charge in [0.2, 0.25) is 0 Å². The first-order chi connectivity index (χ1) is 11.3. The molecule has 1 aliphatic rings. The molecule has 1 N–H and O–H groups in total. The molecular formula is C18H16N2O2S. The molecule has 1 saturated heterocycles. The Morgan fingerprint density at radius 1 is 1.22 bits per heavy atom. The summed E-state index contributed by atoms with van der Waals surface area (Å²) in [5.41, 5.74) is 1.93. The first kappa shape index (κ1) is 14.4. The number of amides is 1. The second kappa shape index (κ2) is 6.10. The van der Waals surface area contributed by atoms with E-state index in [9.17, 15) is 4.79 Å². The van der Waals surface area contributed by atoms with E-state index >= 15 is 0 Å². The number of fused-ring (bicyclic) bond motifs is 1. The lowest BCUT2D eigenvalue weighted by atomic mass is 10.1. The van der Waals surface area contributed by atoms with Crippen LogP contribution >= 0.6 is 11.3 Å². The third-order valence-corrected chi connectivity index (χ3v) is 4.76. The summed E-state index contributed by atoms with van der Waals surface area (Å²) in [6.45, 7) is 0.665. The Morgan fingerprint density at radius 2 is 2.09 bits per heavy atom. The normalized spacial score (nSPS) is 17.5. The van der Waals surface area contributed by atoms with Crippen molar-refractivity contribution in [2.24, 2.45) is 0 Å². The van der Waals surface area contributed by atoms with Gasteiger partial charge >= 0.3 is 0 Å². The summed E-state index contributed by atoms with van der Waals surface area (Å²) in [4.78, 5) is 16.6. The molecule has 0 bridgehead atoms. The molecule has 0 saturated carbocycles. The third-order valence-electron chi connectivity index (χ3n) is 4.00. The maximum Gasteiger partial charge on any atom is 0.255 e. The lowest BCUT2D eigenvalue weighted by molar-refractivity contribution is -0.124. The molecule has 1 fully saturated rings. The van der Waals surface area contributed by atoms with Crippen LogP contribution in [-0.4, -0.2) is 23.6 Å². The van der Waals surface area contributed by atoms with Gasteiger partial charge in [-0.1, -0.05) is 36.4 Å². The van der Waals surface area contributed by atoms with Crippen LogP contribution in [0.5, 0.6) is 0 Å².